The molecule has 5 atom stereocenters. The van der Waals surface area contributed by atoms with Gasteiger partial charge in [-0.05, 0) is 43.6 Å². The van der Waals surface area contributed by atoms with Gasteiger partial charge in [-0.3, -0.25) is 4.90 Å². The van der Waals surface area contributed by atoms with Gasteiger partial charge in [0.1, 0.15) is 11.9 Å². The summed E-state index contributed by atoms with van der Waals surface area (Å²) in [5.74, 6) is -0.255. The fourth-order valence-corrected chi connectivity index (χ4v) is 4.30. The summed E-state index contributed by atoms with van der Waals surface area (Å²) >= 11 is 0. The van der Waals surface area contributed by atoms with Crippen LogP contribution in [0.5, 0.6) is 5.75 Å². The Balaban J connectivity index is 1.38. The highest BCUT2D eigenvalue weighted by atomic mass is 19.4. The summed E-state index contributed by atoms with van der Waals surface area (Å²) in [5.41, 5.74) is 0.789. The fourth-order valence-electron chi connectivity index (χ4n) is 4.30. The van der Waals surface area contributed by atoms with Gasteiger partial charge in [-0.25, -0.2) is 0 Å². The van der Waals surface area contributed by atoms with Crippen molar-refractivity contribution in [2.75, 3.05) is 19.7 Å². The molecule has 28 heavy (non-hydrogen) atoms. The zero-order valence-corrected chi connectivity index (χ0v) is 15.4. The van der Waals surface area contributed by atoms with E-state index in [1.807, 2.05) is 0 Å². The number of hydrogen-bond donors (Lipinski definition) is 2. The number of hydrogen-bond acceptors (Lipinski definition) is 6. The molecule has 3 heterocycles. The third-order valence-electron chi connectivity index (χ3n) is 5.64. The fraction of sp³-hybridized carbons (Fsp3) is 0.684. The molecule has 1 aromatic carbocycles. The number of nitrogens with zero attached hydrogens (tertiary/aromatic N) is 1. The monoisotopic (exact) mass is 402 g/mol. The van der Waals surface area contributed by atoms with Crippen LogP contribution in [-0.4, -0.2) is 66.6 Å². The van der Waals surface area contributed by atoms with Gasteiger partial charge in [0, 0.05) is 6.54 Å². The van der Waals surface area contributed by atoms with Crippen molar-refractivity contribution in [2.24, 2.45) is 0 Å². The van der Waals surface area contributed by atoms with Gasteiger partial charge >= 0.3 is 6.36 Å². The molecular weight excluding hydrogens is 377 g/mol. The molecule has 0 spiro atoms. The number of aliphatic hydroxyl groups is 1. The first-order valence-electron chi connectivity index (χ1n) is 9.68. The quantitative estimate of drug-likeness (QED) is 0.786. The average Bonchev–Trinajstić information content (AvgIpc) is 3.07. The molecule has 4 rings (SSSR count). The van der Waals surface area contributed by atoms with E-state index in [-0.39, 0.29) is 23.9 Å². The summed E-state index contributed by atoms with van der Waals surface area (Å²) in [7, 11) is 0. The van der Waals surface area contributed by atoms with E-state index in [1.165, 1.54) is 18.6 Å². The Bertz CT molecular complexity index is 652. The SMILES string of the molecule is O[C@H]1[C@@H](NCc2ccc(OC(F)(F)F)cc2)[C@@H]2CO[C@H](O2)[C@@H]1N1CCCCC1. The minimum absolute atomic E-state index is 0.209. The lowest BCUT2D eigenvalue weighted by Gasteiger charge is -2.45. The van der Waals surface area contributed by atoms with E-state index in [0.717, 1.165) is 31.5 Å². The maximum absolute atomic E-state index is 12.3. The third-order valence-corrected chi connectivity index (χ3v) is 5.64. The lowest BCUT2D eigenvalue weighted by atomic mass is 9.93. The molecule has 3 aliphatic rings. The number of rotatable bonds is 5. The second kappa shape index (κ2) is 8.16. The number of piperidine rings is 1. The smallest absolute Gasteiger partial charge is 0.406 e. The Kier molecular flexibility index (Phi) is 5.80. The summed E-state index contributed by atoms with van der Waals surface area (Å²) < 4.78 is 52.4. The van der Waals surface area contributed by atoms with Crippen LogP contribution in [0.2, 0.25) is 0 Å². The zero-order chi connectivity index (χ0) is 19.7. The number of benzene rings is 1. The number of halogens is 3. The van der Waals surface area contributed by atoms with Crippen LogP contribution in [0.15, 0.2) is 24.3 Å². The number of fused-ring (bicyclic) bond motifs is 2. The highest BCUT2D eigenvalue weighted by Crippen LogP contribution is 2.33. The average molecular weight is 402 g/mol. The van der Waals surface area contributed by atoms with Crippen molar-refractivity contribution in [1.82, 2.24) is 10.2 Å². The summed E-state index contributed by atoms with van der Waals surface area (Å²) in [6.07, 6.45) is -2.59. The van der Waals surface area contributed by atoms with Gasteiger partial charge < -0.3 is 24.6 Å². The molecule has 156 valence electrons. The van der Waals surface area contributed by atoms with Crippen molar-refractivity contribution in [2.45, 2.75) is 62.8 Å². The predicted octanol–water partition coefficient (Wildman–Crippen LogP) is 2.01. The third kappa shape index (κ3) is 4.44. The van der Waals surface area contributed by atoms with Gasteiger partial charge in [-0.15, -0.1) is 13.2 Å². The molecule has 0 amide bonds. The standard InChI is InChI=1S/C19H25F3N2O4/c20-19(21,22)28-13-6-4-12(5-7-13)10-23-15-14-11-26-18(27-14)16(17(15)25)24-8-2-1-3-9-24/h4-7,14-18,23,25H,1-3,8-11H2/t14-,15-,16+,17-,18+/m0/s1. The Hall–Kier alpha value is -1.39. The van der Waals surface area contributed by atoms with E-state index in [9.17, 15) is 18.3 Å². The normalized spacial score (nSPS) is 33.8. The molecule has 3 fully saturated rings. The largest absolute Gasteiger partial charge is 0.573 e. The molecule has 0 aromatic heterocycles. The Labute approximate surface area is 161 Å². The molecule has 0 saturated carbocycles. The van der Waals surface area contributed by atoms with Crippen LogP contribution in [0.1, 0.15) is 24.8 Å². The van der Waals surface area contributed by atoms with E-state index >= 15 is 0 Å². The van der Waals surface area contributed by atoms with E-state index < -0.39 is 18.8 Å². The first kappa shape index (κ1) is 19.9. The first-order chi connectivity index (χ1) is 13.4. The molecule has 3 saturated heterocycles. The second-order valence-electron chi connectivity index (χ2n) is 7.55. The van der Waals surface area contributed by atoms with E-state index in [2.05, 4.69) is 15.0 Å². The second-order valence-corrected chi connectivity index (χ2v) is 7.55. The molecule has 9 heteroatoms. The van der Waals surface area contributed by atoms with Crippen molar-refractivity contribution in [3.8, 4) is 5.75 Å². The first-order valence-corrected chi connectivity index (χ1v) is 9.68. The van der Waals surface area contributed by atoms with Crippen LogP contribution < -0.4 is 10.1 Å². The molecule has 6 nitrogen and oxygen atoms in total. The van der Waals surface area contributed by atoms with Crippen LogP contribution in [0, 0.1) is 0 Å². The molecule has 1 aromatic rings. The lowest BCUT2D eigenvalue weighted by molar-refractivity contribution is -0.274. The van der Waals surface area contributed by atoms with Gasteiger partial charge in [-0.1, -0.05) is 18.6 Å². The molecule has 0 radical (unpaired) electrons. The van der Waals surface area contributed by atoms with Crippen LogP contribution in [0.4, 0.5) is 13.2 Å². The van der Waals surface area contributed by atoms with E-state index in [4.69, 9.17) is 9.47 Å². The number of nitrogens with one attached hydrogen (secondary N) is 1. The van der Waals surface area contributed by atoms with Crippen LogP contribution in [0.25, 0.3) is 0 Å². The highest BCUT2D eigenvalue weighted by Gasteiger charge is 2.51. The number of likely N-dealkylation sites (tertiary alicyclic amines) is 1. The van der Waals surface area contributed by atoms with Crippen molar-refractivity contribution >= 4 is 0 Å². The Morgan fingerprint density at radius 1 is 1.14 bits per heavy atom. The summed E-state index contributed by atoms with van der Waals surface area (Å²) in [6.45, 7) is 2.65. The summed E-state index contributed by atoms with van der Waals surface area (Å²) in [5, 5.41) is 14.3. The molecule has 0 aliphatic carbocycles. The van der Waals surface area contributed by atoms with Gasteiger partial charge in [0.05, 0.1) is 24.8 Å². The van der Waals surface area contributed by atoms with E-state index in [0.29, 0.717) is 13.2 Å². The van der Waals surface area contributed by atoms with Crippen molar-refractivity contribution in [3.05, 3.63) is 29.8 Å². The van der Waals surface area contributed by atoms with Gasteiger partial charge in [0.2, 0.25) is 0 Å². The maximum Gasteiger partial charge on any atom is 0.573 e. The summed E-state index contributed by atoms with van der Waals surface area (Å²) in [4.78, 5) is 2.25. The van der Waals surface area contributed by atoms with Crippen molar-refractivity contribution < 1.29 is 32.5 Å². The van der Waals surface area contributed by atoms with Gasteiger partial charge in [-0.2, -0.15) is 0 Å². The highest BCUT2D eigenvalue weighted by molar-refractivity contribution is 5.27. The minimum Gasteiger partial charge on any atom is -0.406 e. The topological polar surface area (TPSA) is 63.2 Å². The molecule has 2 bridgehead atoms. The Morgan fingerprint density at radius 3 is 2.54 bits per heavy atom. The predicted molar refractivity (Wildman–Crippen MR) is 93.6 cm³/mol. The zero-order valence-electron chi connectivity index (χ0n) is 15.4. The minimum atomic E-state index is -4.70. The van der Waals surface area contributed by atoms with Crippen molar-refractivity contribution in [1.29, 1.82) is 0 Å². The lowest BCUT2D eigenvalue weighted by Crippen LogP contribution is -2.64. The van der Waals surface area contributed by atoms with Crippen LogP contribution >= 0.6 is 0 Å². The van der Waals surface area contributed by atoms with E-state index in [1.54, 1.807) is 12.1 Å². The molecule has 2 N–H and O–H groups in total. The Morgan fingerprint density at radius 2 is 1.86 bits per heavy atom. The van der Waals surface area contributed by atoms with Crippen LogP contribution in [0.3, 0.4) is 0 Å². The van der Waals surface area contributed by atoms with Gasteiger partial charge in [0.15, 0.2) is 6.29 Å². The molecule has 3 aliphatic heterocycles. The number of alkyl halides is 3. The van der Waals surface area contributed by atoms with Gasteiger partial charge in [0.25, 0.3) is 0 Å². The van der Waals surface area contributed by atoms with Crippen LogP contribution in [-0.2, 0) is 16.0 Å². The maximum atomic E-state index is 12.3. The number of aliphatic hydroxyl groups excluding tert-OH is 1. The molecular formula is C19H25F3N2O4. The van der Waals surface area contributed by atoms with Crippen molar-refractivity contribution in [3.63, 3.8) is 0 Å². The molecule has 0 unspecified atom stereocenters. The number of ether oxygens (including phenoxy) is 3. The summed E-state index contributed by atoms with van der Waals surface area (Å²) in [6, 6.07) is 5.18.